The van der Waals surface area contributed by atoms with E-state index in [1.807, 2.05) is 32.9 Å². The zero-order valence-corrected chi connectivity index (χ0v) is 16.5. The molecule has 0 spiro atoms. The molecule has 1 aromatic rings. The lowest BCUT2D eigenvalue weighted by Crippen LogP contribution is -2.37. The van der Waals surface area contributed by atoms with Crippen LogP contribution in [-0.4, -0.2) is 42.5 Å². The lowest BCUT2D eigenvalue weighted by molar-refractivity contribution is -0.136. The molecule has 0 N–H and O–H groups in total. The van der Waals surface area contributed by atoms with Crippen molar-refractivity contribution in [3.8, 4) is 0 Å². The molecule has 1 aromatic carbocycles. The predicted octanol–water partition coefficient (Wildman–Crippen LogP) is 3.93. The maximum absolute atomic E-state index is 13.0. The Morgan fingerprint density at radius 1 is 1.15 bits per heavy atom. The van der Waals surface area contributed by atoms with Gasteiger partial charge in [-0.25, -0.2) is 4.99 Å². The van der Waals surface area contributed by atoms with E-state index < -0.39 is 5.60 Å². The van der Waals surface area contributed by atoms with Gasteiger partial charge in [0.25, 0.3) is 11.9 Å². The largest absolute Gasteiger partial charge is 0.443 e. The highest BCUT2D eigenvalue weighted by molar-refractivity contribution is 6.05. The molecule has 2 unspecified atom stereocenters. The fourth-order valence-corrected chi connectivity index (χ4v) is 3.61. The Morgan fingerprint density at radius 2 is 1.81 bits per heavy atom. The van der Waals surface area contributed by atoms with Crippen LogP contribution < -0.4 is 4.90 Å². The molecule has 26 heavy (non-hydrogen) atoms. The average Bonchev–Trinajstić information content (AvgIpc) is 2.93. The molecule has 2 aliphatic heterocycles. The van der Waals surface area contributed by atoms with Crippen LogP contribution in [0.25, 0.3) is 0 Å². The average molecular weight is 357 g/mol. The highest BCUT2D eigenvalue weighted by Gasteiger charge is 2.50. The summed E-state index contributed by atoms with van der Waals surface area (Å²) in [4.78, 5) is 21.7. The Kier molecular flexibility index (Phi) is 5.54. The van der Waals surface area contributed by atoms with E-state index in [4.69, 9.17) is 4.74 Å². The second kappa shape index (κ2) is 7.68. The number of ether oxygens (including phenoxy) is 1. The van der Waals surface area contributed by atoms with Crippen molar-refractivity contribution in [2.24, 2.45) is 4.99 Å². The Bertz CT molecular complexity index is 664. The Labute approximate surface area is 157 Å². The molecule has 0 aliphatic carbocycles. The van der Waals surface area contributed by atoms with Gasteiger partial charge in [-0.15, -0.1) is 0 Å². The van der Waals surface area contributed by atoms with Crippen molar-refractivity contribution in [1.29, 1.82) is 0 Å². The predicted molar refractivity (Wildman–Crippen MR) is 106 cm³/mol. The third-order valence-corrected chi connectivity index (χ3v) is 5.56. The first-order valence-electron chi connectivity index (χ1n) is 9.93. The van der Waals surface area contributed by atoms with E-state index in [0.717, 1.165) is 25.1 Å². The van der Waals surface area contributed by atoms with Gasteiger partial charge in [0.15, 0.2) is 0 Å². The summed E-state index contributed by atoms with van der Waals surface area (Å²) in [5.41, 5.74) is 1.11. The number of carbonyl (C=O) groups excluding carboxylic acids is 1. The lowest BCUT2D eigenvalue weighted by atomic mass is 9.94. The van der Waals surface area contributed by atoms with E-state index in [2.05, 4.69) is 28.9 Å². The smallest absolute Gasteiger partial charge is 0.295 e. The first-order valence-corrected chi connectivity index (χ1v) is 9.93. The van der Waals surface area contributed by atoms with Crippen molar-refractivity contribution in [3.05, 3.63) is 29.8 Å². The molecule has 2 fully saturated rings. The van der Waals surface area contributed by atoms with Crippen LogP contribution in [0.1, 0.15) is 58.9 Å². The van der Waals surface area contributed by atoms with Gasteiger partial charge in [-0.05, 0) is 58.6 Å². The second-order valence-electron chi connectivity index (χ2n) is 7.45. The van der Waals surface area contributed by atoms with Crippen molar-refractivity contribution >= 4 is 17.6 Å². The Balaban J connectivity index is 1.85. The normalized spacial score (nSPS) is 26.3. The maximum atomic E-state index is 13.0. The zero-order valence-electron chi connectivity index (χ0n) is 16.5. The van der Waals surface area contributed by atoms with E-state index in [1.165, 1.54) is 24.9 Å². The molecule has 0 radical (unpaired) electrons. The molecule has 0 aromatic heterocycles. The number of amides is 1. The molecule has 0 saturated carbocycles. The SMILES string of the molecule is CCC(C)N=C1OC(C)(c2ccc(N3CCCCC3)cc2)C(=O)N1CC. The Morgan fingerprint density at radius 3 is 2.38 bits per heavy atom. The number of aliphatic imine (C=N–C) groups is 1. The number of hydrogen-bond donors (Lipinski definition) is 0. The zero-order chi connectivity index (χ0) is 18.7. The molecule has 3 rings (SSSR count). The summed E-state index contributed by atoms with van der Waals surface area (Å²) in [5.74, 6) is -0.0345. The minimum absolute atomic E-state index is 0.0345. The van der Waals surface area contributed by atoms with E-state index in [1.54, 1.807) is 4.90 Å². The van der Waals surface area contributed by atoms with Crippen LogP contribution in [0, 0.1) is 0 Å². The van der Waals surface area contributed by atoms with E-state index in [-0.39, 0.29) is 11.9 Å². The third kappa shape index (κ3) is 3.44. The molecular formula is C21H31N3O2. The van der Waals surface area contributed by atoms with Crippen LogP contribution in [0.4, 0.5) is 5.69 Å². The molecule has 5 heteroatoms. The fourth-order valence-electron chi connectivity index (χ4n) is 3.61. The number of hydrogen-bond acceptors (Lipinski definition) is 4. The van der Waals surface area contributed by atoms with Crippen LogP contribution in [0.3, 0.4) is 0 Å². The van der Waals surface area contributed by atoms with Gasteiger partial charge in [0.1, 0.15) is 0 Å². The van der Waals surface area contributed by atoms with Crippen LogP contribution in [0.15, 0.2) is 29.3 Å². The molecule has 2 aliphatic rings. The summed E-state index contributed by atoms with van der Waals surface area (Å²) in [7, 11) is 0. The number of likely N-dealkylation sites (N-methyl/N-ethyl adjacent to an activating group) is 1. The molecule has 142 valence electrons. The van der Waals surface area contributed by atoms with Crippen LogP contribution in [-0.2, 0) is 15.1 Å². The third-order valence-electron chi connectivity index (χ3n) is 5.56. The number of nitrogens with zero attached hydrogens (tertiary/aromatic N) is 3. The molecular weight excluding hydrogens is 326 g/mol. The van der Waals surface area contributed by atoms with Gasteiger partial charge in [0.2, 0.25) is 5.60 Å². The number of amidine groups is 1. The van der Waals surface area contributed by atoms with Crippen molar-refractivity contribution in [2.45, 2.75) is 65.0 Å². The second-order valence-corrected chi connectivity index (χ2v) is 7.45. The topological polar surface area (TPSA) is 45.1 Å². The van der Waals surface area contributed by atoms with Gasteiger partial charge in [0, 0.05) is 30.9 Å². The van der Waals surface area contributed by atoms with Crippen LogP contribution >= 0.6 is 0 Å². The number of carbonyl (C=O) groups is 1. The van der Waals surface area contributed by atoms with Gasteiger partial charge in [-0.1, -0.05) is 19.1 Å². The lowest BCUT2D eigenvalue weighted by Gasteiger charge is -2.29. The van der Waals surface area contributed by atoms with E-state index in [9.17, 15) is 4.79 Å². The molecule has 2 heterocycles. The highest BCUT2D eigenvalue weighted by atomic mass is 16.5. The number of anilines is 1. The van der Waals surface area contributed by atoms with E-state index in [0.29, 0.717) is 12.6 Å². The minimum Gasteiger partial charge on any atom is -0.443 e. The molecule has 0 bridgehead atoms. The van der Waals surface area contributed by atoms with Crippen molar-refractivity contribution in [1.82, 2.24) is 4.90 Å². The summed E-state index contributed by atoms with van der Waals surface area (Å²) < 4.78 is 6.12. The van der Waals surface area contributed by atoms with Gasteiger partial charge >= 0.3 is 0 Å². The summed E-state index contributed by atoms with van der Waals surface area (Å²) >= 11 is 0. The monoisotopic (exact) mass is 357 g/mol. The number of rotatable bonds is 5. The summed E-state index contributed by atoms with van der Waals surface area (Å²) in [6, 6.07) is 8.87. The van der Waals surface area contributed by atoms with Crippen molar-refractivity contribution in [3.63, 3.8) is 0 Å². The minimum atomic E-state index is -0.997. The van der Waals surface area contributed by atoms with Crippen molar-refractivity contribution < 1.29 is 9.53 Å². The molecule has 2 atom stereocenters. The van der Waals surface area contributed by atoms with Gasteiger partial charge in [-0.3, -0.25) is 9.69 Å². The first kappa shape index (κ1) is 18.7. The fraction of sp³-hybridized carbons (Fsp3) is 0.619. The van der Waals surface area contributed by atoms with Crippen LogP contribution in [0.2, 0.25) is 0 Å². The summed E-state index contributed by atoms with van der Waals surface area (Å²) in [6.45, 7) is 10.7. The van der Waals surface area contributed by atoms with Crippen LogP contribution in [0.5, 0.6) is 0 Å². The molecule has 1 amide bonds. The standard InChI is InChI=1S/C21H31N3O2/c1-5-16(3)22-20-24(6-2)19(25)21(4,26-20)17-10-12-18(13-11-17)23-14-8-7-9-15-23/h10-13,16H,5-9,14-15H2,1-4H3. The first-order chi connectivity index (χ1) is 12.5. The Hall–Kier alpha value is -2.04. The molecule has 5 nitrogen and oxygen atoms in total. The maximum Gasteiger partial charge on any atom is 0.295 e. The number of benzene rings is 1. The van der Waals surface area contributed by atoms with Gasteiger partial charge < -0.3 is 9.64 Å². The highest BCUT2D eigenvalue weighted by Crippen LogP contribution is 2.35. The quantitative estimate of drug-likeness (QED) is 0.802. The van der Waals surface area contributed by atoms with E-state index >= 15 is 0 Å². The summed E-state index contributed by atoms with van der Waals surface area (Å²) in [5, 5.41) is 0. The molecule has 2 saturated heterocycles. The summed E-state index contributed by atoms with van der Waals surface area (Å²) in [6.07, 6.45) is 4.74. The van der Waals surface area contributed by atoms with Gasteiger partial charge in [0.05, 0.1) is 6.04 Å². The number of piperidine rings is 1. The van der Waals surface area contributed by atoms with Crippen molar-refractivity contribution in [2.75, 3.05) is 24.5 Å². The van der Waals surface area contributed by atoms with Gasteiger partial charge in [-0.2, -0.15) is 0 Å².